The summed E-state index contributed by atoms with van der Waals surface area (Å²) in [6.07, 6.45) is 41.7. The van der Waals surface area contributed by atoms with Crippen molar-refractivity contribution < 1.29 is 26.7 Å². The van der Waals surface area contributed by atoms with Gasteiger partial charge in [-0.1, -0.05) is 194 Å². The standard InChI is InChI=1S/C41H83N3O2.CH4O4S/c1-4-6-8-10-12-14-16-18-20-22-24-26-28-30-32-34-40(45)42-36-38-44(3)39-37-43-41(46)35-33-31-29-27-25-23-21-19-17-15-13-11-9-7-5-2;1-5-6(2,3)4/h4-39H2,1-3H3,(H,42,45)(H,43,46);1H3,(H,2,3,4). The maximum absolute atomic E-state index is 12.2. The summed E-state index contributed by atoms with van der Waals surface area (Å²) in [5.41, 5.74) is 0. The van der Waals surface area contributed by atoms with Gasteiger partial charge in [0.25, 0.3) is 0 Å². The third-order valence-electron chi connectivity index (χ3n) is 9.86. The number of hydrogen-bond acceptors (Lipinski definition) is 6. The second kappa shape index (κ2) is 42.5. The zero-order valence-corrected chi connectivity index (χ0v) is 35.6. The minimum Gasteiger partial charge on any atom is -0.355 e. The highest BCUT2D eigenvalue weighted by atomic mass is 32.3. The lowest BCUT2D eigenvalue weighted by molar-refractivity contribution is -0.121. The molecule has 0 rings (SSSR count). The molecule has 9 nitrogen and oxygen atoms in total. The molecule has 0 radical (unpaired) electrons. The van der Waals surface area contributed by atoms with E-state index in [0.717, 1.165) is 33.0 Å². The Morgan fingerprint density at radius 2 is 0.692 bits per heavy atom. The van der Waals surface area contributed by atoms with Crippen LogP contribution in [0, 0.1) is 0 Å². The van der Waals surface area contributed by atoms with E-state index in [1.807, 2.05) is 0 Å². The summed E-state index contributed by atoms with van der Waals surface area (Å²) in [6.45, 7) is 7.57. The molecule has 52 heavy (non-hydrogen) atoms. The van der Waals surface area contributed by atoms with Crippen LogP contribution < -0.4 is 10.6 Å². The molecule has 0 aliphatic rings. The van der Waals surface area contributed by atoms with Crippen molar-refractivity contribution >= 4 is 22.2 Å². The summed E-state index contributed by atoms with van der Waals surface area (Å²) in [5.74, 6) is 0.361. The van der Waals surface area contributed by atoms with Gasteiger partial charge in [-0.05, 0) is 19.9 Å². The van der Waals surface area contributed by atoms with Crippen LogP contribution >= 0.6 is 0 Å². The van der Waals surface area contributed by atoms with Crippen LogP contribution in [-0.4, -0.2) is 70.0 Å². The van der Waals surface area contributed by atoms with E-state index < -0.39 is 10.4 Å². The zero-order valence-electron chi connectivity index (χ0n) is 34.8. The van der Waals surface area contributed by atoms with Crippen molar-refractivity contribution in [1.82, 2.24) is 15.5 Å². The van der Waals surface area contributed by atoms with Gasteiger partial charge in [0.05, 0.1) is 7.11 Å². The summed E-state index contributed by atoms with van der Waals surface area (Å²) in [6, 6.07) is 0. The van der Waals surface area contributed by atoms with Crippen molar-refractivity contribution in [2.24, 2.45) is 0 Å². The van der Waals surface area contributed by atoms with E-state index in [9.17, 15) is 18.0 Å². The maximum Gasteiger partial charge on any atom is 0.397 e. The SMILES string of the molecule is CCCCCCCCCCCCCCCCCC(=O)NCCN(C)CCNC(=O)CCCCCCCCCCCCCCCCC.COS(=O)(=O)O. The van der Waals surface area contributed by atoms with E-state index in [2.05, 4.69) is 40.6 Å². The van der Waals surface area contributed by atoms with Gasteiger partial charge in [-0.3, -0.25) is 18.3 Å². The Morgan fingerprint density at radius 3 is 0.904 bits per heavy atom. The van der Waals surface area contributed by atoms with Crippen LogP contribution in [0.3, 0.4) is 0 Å². The molecular formula is C42H87N3O6S. The molecule has 0 aromatic carbocycles. The van der Waals surface area contributed by atoms with Gasteiger partial charge in [-0.15, -0.1) is 0 Å². The zero-order chi connectivity index (χ0) is 38.8. The maximum atomic E-state index is 12.2. The normalized spacial score (nSPS) is 11.4. The Morgan fingerprint density at radius 1 is 0.481 bits per heavy atom. The van der Waals surface area contributed by atoms with Crippen LogP contribution in [0.2, 0.25) is 0 Å². The van der Waals surface area contributed by atoms with Crippen molar-refractivity contribution in [3.8, 4) is 0 Å². The lowest BCUT2D eigenvalue weighted by Crippen LogP contribution is -2.37. The van der Waals surface area contributed by atoms with Crippen LogP contribution in [0.25, 0.3) is 0 Å². The predicted octanol–water partition coefficient (Wildman–Crippen LogP) is 11.1. The fraction of sp³-hybridized carbons (Fsp3) is 0.952. The van der Waals surface area contributed by atoms with Crippen molar-refractivity contribution in [2.45, 2.75) is 219 Å². The molecule has 10 heteroatoms. The van der Waals surface area contributed by atoms with Crippen LogP contribution in [0.4, 0.5) is 0 Å². The molecule has 0 aromatic heterocycles. The molecule has 0 atom stereocenters. The number of amides is 2. The minimum atomic E-state index is -4.16. The Bertz CT molecular complexity index is 807. The second-order valence-corrected chi connectivity index (χ2v) is 16.2. The van der Waals surface area contributed by atoms with Gasteiger partial charge in [0.1, 0.15) is 0 Å². The number of rotatable bonds is 39. The third-order valence-corrected chi connectivity index (χ3v) is 10.3. The molecule has 0 heterocycles. The van der Waals surface area contributed by atoms with Crippen molar-refractivity contribution in [3.63, 3.8) is 0 Å². The topological polar surface area (TPSA) is 125 Å². The first-order chi connectivity index (χ1) is 25.2. The van der Waals surface area contributed by atoms with E-state index in [1.54, 1.807) is 0 Å². The molecule has 312 valence electrons. The average molecular weight is 762 g/mol. The monoisotopic (exact) mass is 762 g/mol. The van der Waals surface area contributed by atoms with E-state index in [-0.39, 0.29) is 11.8 Å². The molecule has 3 N–H and O–H groups in total. The Kier molecular flexibility index (Phi) is 43.2. The summed E-state index contributed by atoms with van der Waals surface area (Å²) in [7, 11) is -1.23. The summed E-state index contributed by atoms with van der Waals surface area (Å²) < 4.78 is 29.7. The van der Waals surface area contributed by atoms with Crippen molar-refractivity contribution in [1.29, 1.82) is 0 Å². The molecule has 0 aliphatic carbocycles. The number of nitrogens with zero attached hydrogens (tertiary/aromatic N) is 1. The van der Waals surface area contributed by atoms with Crippen LogP contribution in [0.15, 0.2) is 0 Å². The van der Waals surface area contributed by atoms with Crippen molar-refractivity contribution in [2.75, 3.05) is 40.3 Å². The number of nitrogens with one attached hydrogen (secondary N) is 2. The van der Waals surface area contributed by atoms with Gasteiger partial charge >= 0.3 is 10.4 Å². The summed E-state index contributed by atoms with van der Waals surface area (Å²) >= 11 is 0. The quantitative estimate of drug-likeness (QED) is 0.0420. The largest absolute Gasteiger partial charge is 0.397 e. The lowest BCUT2D eigenvalue weighted by Gasteiger charge is -2.17. The molecular weight excluding hydrogens is 675 g/mol. The Labute approximate surface area is 323 Å². The molecule has 0 aliphatic heterocycles. The van der Waals surface area contributed by atoms with Crippen LogP contribution in [-0.2, 0) is 24.2 Å². The van der Waals surface area contributed by atoms with Gasteiger partial charge in [-0.25, -0.2) is 0 Å². The highest BCUT2D eigenvalue weighted by Crippen LogP contribution is 2.15. The van der Waals surface area contributed by atoms with Crippen LogP contribution in [0.5, 0.6) is 0 Å². The first-order valence-electron chi connectivity index (χ1n) is 21.9. The van der Waals surface area contributed by atoms with Crippen molar-refractivity contribution in [3.05, 3.63) is 0 Å². The predicted molar refractivity (Wildman–Crippen MR) is 221 cm³/mol. The smallest absolute Gasteiger partial charge is 0.355 e. The van der Waals surface area contributed by atoms with Gasteiger partial charge in [0.2, 0.25) is 11.8 Å². The van der Waals surface area contributed by atoms with Crippen LogP contribution in [0.1, 0.15) is 219 Å². The van der Waals surface area contributed by atoms with E-state index >= 15 is 0 Å². The Hall–Kier alpha value is -1.23. The van der Waals surface area contributed by atoms with E-state index in [1.165, 1.54) is 180 Å². The molecule has 0 saturated heterocycles. The number of likely N-dealkylation sites (N-methyl/N-ethyl adjacent to an activating group) is 1. The molecule has 2 amide bonds. The van der Waals surface area contributed by atoms with Gasteiger partial charge in [0.15, 0.2) is 0 Å². The van der Waals surface area contributed by atoms with E-state index in [0.29, 0.717) is 25.9 Å². The number of hydrogen-bond donors (Lipinski definition) is 3. The first kappa shape index (κ1) is 52.9. The molecule has 0 saturated carbocycles. The molecule has 0 fully saturated rings. The fourth-order valence-corrected chi connectivity index (χ4v) is 6.37. The molecule has 0 bridgehead atoms. The highest BCUT2D eigenvalue weighted by Gasteiger charge is 2.05. The first-order valence-corrected chi connectivity index (χ1v) is 23.3. The van der Waals surface area contributed by atoms with E-state index in [4.69, 9.17) is 4.55 Å². The molecule has 0 spiro atoms. The molecule has 0 aromatic rings. The number of unbranched alkanes of at least 4 members (excludes halogenated alkanes) is 28. The Balaban J connectivity index is 0. The number of carbonyl (C=O) groups excluding carboxylic acids is 2. The molecule has 0 unspecified atom stereocenters. The van der Waals surface area contributed by atoms with Gasteiger partial charge in [0, 0.05) is 39.0 Å². The third kappa shape index (κ3) is 48.8. The lowest BCUT2D eigenvalue weighted by atomic mass is 10.0. The minimum absolute atomic E-state index is 0.180. The fourth-order valence-electron chi connectivity index (χ4n) is 6.37. The second-order valence-electron chi connectivity index (χ2n) is 15.0. The summed E-state index contributed by atoms with van der Waals surface area (Å²) in [5, 5.41) is 6.13. The van der Waals surface area contributed by atoms with Gasteiger partial charge < -0.3 is 15.5 Å². The highest BCUT2D eigenvalue weighted by molar-refractivity contribution is 7.80. The number of carbonyl (C=O) groups is 2. The average Bonchev–Trinajstić information content (AvgIpc) is 3.11. The van der Waals surface area contributed by atoms with Gasteiger partial charge in [-0.2, -0.15) is 8.42 Å². The summed E-state index contributed by atoms with van der Waals surface area (Å²) in [4.78, 5) is 26.5.